The molecular formula is C19H19ClFNO2. The van der Waals surface area contributed by atoms with Crippen LogP contribution in [0.4, 0.5) is 4.39 Å². The summed E-state index contributed by atoms with van der Waals surface area (Å²) >= 11 is 6.01. The van der Waals surface area contributed by atoms with Crippen LogP contribution in [0, 0.1) is 12.7 Å². The maximum atomic E-state index is 13.8. The Hall–Kier alpha value is -2.17. The summed E-state index contributed by atoms with van der Waals surface area (Å²) in [4.78, 5) is 12.2. The van der Waals surface area contributed by atoms with Crippen molar-refractivity contribution in [2.75, 3.05) is 7.11 Å². The third-order valence-corrected chi connectivity index (χ3v) is 3.95. The first kappa shape index (κ1) is 18.2. The number of methoxy groups -OCH3 is 1. The van der Waals surface area contributed by atoms with Gasteiger partial charge in [0.05, 0.1) is 17.2 Å². The molecule has 2 aromatic rings. The fourth-order valence-corrected chi connectivity index (χ4v) is 2.59. The Morgan fingerprint density at radius 2 is 2.00 bits per heavy atom. The van der Waals surface area contributed by atoms with Crippen molar-refractivity contribution in [3.8, 4) is 0 Å². The van der Waals surface area contributed by atoms with Crippen LogP contribution in [-0.4, -0.2) is 13.0 Å². The predicted octanol–water partition coefficient (Wildman–Crippen LogP) is 4.42. The van der Waals surface area contributed by atoms with Crippen LogP contribution in [0.15, 0.2) is 48.7 Å². The smallest absolute Gasteiger partial charge is 0.256 e. The molecule has 0 heterocycles. The minimum absolute atomic E-state index is 0.192. The number of hydrogen-bond donors (Lipinski definition) is 1. The van der Waals surface area contributed by atoms with E-state index in [1.807, 2.05) is 6.92 Å². The molecule has 0 bridgehead atoms. The average molecular weight is 348 g/mol. The van der Waals surface area contributed by atoms with E-state index in [9.17, 15) is 9.18 Å². The number of rotatable bonds is 6. The minimum Gasteiger partial charge on any atom is -0.380 e. The molecule has 0 fully saturated rings. The van der Waals surface area contributed by atoms with Gasteiger partial charge in [0, 0.05) is 24.8 Å². The molecular weight excluding hydrogens is 329 g/mol. The van der Waals surface area contributed by atoms with Gasteiger partial charge in [-0.15, -0.1) is 0 Å². The van der Waals surface area contributed by atoms with Crippen molar-refractivity contribution in [1.82, 2.24) is 5.32 Å². The van der Waals surface area contributed by atoms with Crippen molar-refractivity contribution in [3.05, 3.63) is 81.8 Å². The standard InChI is InChI=1S/C19H19ClFNO2/c1-12-8-18(21)15(11-24-3)10-14(12)9-13(2)22-19(23)16-6-4-5-7-17(16)20/h4-8,10H,2,9,11H2,1,3H3,(H,22,23). The molecule has 0 saturated heterocycles. The zero-order chi connectivity index (χ0) is 17.7. The van der Waals surface area contributed by atoms with E-state index in [-0.39, 0.29) is 18.3 Å². The molecule has 24 heavy (non-hydrogen) atoms. The highest BCUT2D eigenvalue weighted by atomic mass is 35.5. The highest BCUT2D eigenvalue weighted by molar-refractivity contribution is 6.33. The van der Waals surface area contributed by atoms with Gasteiger partial charge in [0.15, 0.2) is 0 Å². The Balaban J connectivity index is 2.11. The summed E-state index contributed by atoms with van der Waals surface area (Å²) in [6, 6.07) is 10.00. The molecule has 0 unspecified atom stereocenters. The van der Waals surface area contributed by atoms with Crippen molar-refractivity contribution < 1.29 is 13.9 Å². The van der Waals surface area contributed by atoms with Crippen LogP contribution in [0.2, 0.25) is 5.02 Å². The van der Waals surface area contributed by atoms with Crippen molar-refractivity contribution >= 4 is 17.5 Å². The number of carbonyl (C=O) groups is 1. The summed E-state index contributed by atoms with van der Waals surface area (Å²) in [6.45, 7) is 5.89. The molecule has 3 nitrogen and oxygen atoms in total. The summed E-state index contributed by atoms with van der Waals surface area (Å²) in [7, 11) is 1.52. The molecule has 0 aliphatic rings. The Kier molecular flexibility index (Phi) is 6.12. The highest BCUT2D eigenvalue weighted by Gasteiger charge is 2.12. The van der Waals surface area contributed by atoms with Gasteiger partial charge in [-0.2, -0.15) is 0 Å². The molecule has 0 aliphatic heterocycles. The Morgan fingerprint density at radius 1 is 1.29 bits per heavy atom. The lowest BCUT2D eigenvalue weighted by Crippen LogP contribution is -2.23. The van der Waals surface area contributed by atoms with Gasteiger partial charge in [0.25, 0.3) is 5.91 Å². The van der Waals surface area contributed by atoms with Gasteiger partial charge in [-0.05, 0) is 42.3 Å². The molecule has 2 aromatic carbocycles. The summed E-state index contributed by atoms with van der Waals surface area (Å²) < 4.78 is 18.8. The molecule has 0 saturated carbocycles. The number of halogens is 2. The Morgan fingerprint density at radius 3 is 2.67 bits per heavy atom. The summed E-state index contributed by atoms with van der Waals surface area (Å²) in [6.07, 6.45) is 0.402. The van der Waals surface area contributed by atoms with Gasteiger partial charge in [0.2, 0.25) is 0 Å². The van der Waals surface area contributed by atoms with E-state index in [0.717, 1.165) is 11.1 Å². The minimum atomic E-state index is -0.317. The Labute approximate surface area is 146 Å². The van der Waals surface area contributed by atoms with Gasteiger partial charge in [0.1, 0.15) is 5.82 Å². The van der Waals surface area contributed by atoms with Crippen molar-refractivity contribution in [2.45, 2.75) is 20.0 Å². The number of aryl methyl sites for hydroxylation is 1. The van der Waals surface area contributed by atoms with Crippen LogP contribution in [0.5, 0.6) is 0 Å². The summed E-state index contributed by atoms with van der Waals surface area (Å²) in [5, 5.41) is 3.11. The lowest BCUT2D eigenvalue weighted by Gasteiger charge is -2.13. The van der Waals surface area contributed by atoms with Gasteiger partial charge >= 0.3 is 0 Å². The molecule has 1 amide bonds. The number of allylic oxidation sites excluding steroid dienone is 1. The fourth-order valence-electron chi connectivity index (χ4n) is 2.37. The van der Waals surface area contributed by atoms with E-state index in [4.69, 9.17) is 16.3 Å². The predicted molar refractivity (Wildman–Crippen MR) is 93.6 cm³/mol. The molecule has 0 atom stereocenters. The first-order chi connectivity index (χ1) is 11.4. The largest absolute Gasteiger partial charge is 0.380 e. The van der Waals surface area contributed by atoms with E-state index in [1.165, 1.54) is 13.2 Å². The molecule has 0 radical (unpaired) electrons. The third kappa shape index (κ3) is 4.43. The second-order valence-electron chi connectivity index (χ2n) is 5.52. The molecule has 126 valence electrons. The lowest BCUT2D eigenvalue weighted by atomic mass is 10.0. The van der Waals surface area contributed by atoms with Crippen LogP contribution in [-0.2, 0) is 17.8 Å². The van der Waals surface area contributed by atoms with E-state index < -0.39 is 0 Å². The number of benzene rings is 2. The van der Waals surface area contributed by atoms with Gasteiger partial charge in [-0.1, -0.05) is 30.3 Å². The van der Waals surface area contributed by atoms with E-state index in [0.29, 0.717) is 28.3 Å². The zero-order valence-electron chi connectivity index (χ0n) is 13.7. The zero-order valence-corrected chi connectivity index (χ0v) is 14.4. The summed E-state index contributed by atoms with van der Waals surface area (Å²) in [5.41, 5.74) is 3.05. The molecule has 5 heteroatoms. The van der Waals surface area contributed by atoms with Crippen molar-refractivity contribution in [1.29, 1.82) is 0 Å². The number of nitrogens with one attached hydrogen (secondary N) is 1. The van der Waals surface area contributed by atoms with E-state index in [1.54, 1.807) is 30.3 Å². The molecule has 0 aliphatic carbocycles. The quantitative estimate of drug-likeness (QED) is 0.840. The SMILES string of the molecule is C=C(Cc1cc(COC)c(F)cc1C)NC(=O)c1ccccc1Cl. The molecule has 2 rings (SSSR count). The first-order valence-electron chi connectivity index (χ1n) is 7.43. The maximum absolute atomic E-state index is 13.8. The van der Waals surface area contributed by atoms with Gasteiger partial charge < -0.3 is 10.1 Å². The third-order valence-electron chi connectivity index (χ3n) is 3.62. The van der Waals surface area contributed by atoms with Crippen molar-refractivity contribution in [3.63, 3.8) is 0 Å². The maximum Gasteiger partial charge on any atom is 0.256 e. The monoisotopic (exact) mass is 347 g/mol. The first-order valence-corrected chi connectivity index (χ1v) is 7.80. The van der Waals surface area contributed by atoms with Gasteiger partial charge in [-0.25, -0.2) is 4.39 Å². The number of amides is 1. The van der Waals surface area contributed by atoms with Crippen LogP contribution < -0.4 is 5.32 Å². The Bertz CT molecular complexity index is 774. The number of carbonyl (C=O) groups excluding carboxylic acids is 1. The van der Waals surface area contributed by atoms with E-state index >= 15 is 0 Å². The van der Waals surface area contributed by atoms with Crippen LogP contribution in [0.1, 0.15) is 27.0 Å². The summed E-state index contributed by atoms with van der Waals surface area (Å²) in [5.74, 6) is -0.619. The molecule has 0 aromatic heterocycles. The van der Waals surface area contributed by atoms with Crippen LogP contribution in [0.3, 0.4) is 0 Å². The number of ether oxygens (including phenoxy) is 1. The second kappa shape index (κ2) is 8.08. The second-order valence-corrected chi connectivity index (χ2v) is 5.92. The topological polar surface area (TPSA) is 38.3 Å². The number of hydrogen-bond acceptors (Lipinski definition) is 2. The van der Waals surface area contributed by atoms with Crippen LogP contribution >= 0.6 is 11.6 Å². The van der Waals surface area contributed by atoms with E-state index in [2.05, 4.69) is 11.9 Å². The van der Waals surface area contributed by atoms with Crippen molar-refractivity contribution in [2.24, 2.45) is 0 Å². The highest BCUT2D eigenvalue weighted by Crippen LogP contribution is 2.19. The molecule has 1 N–H and O–H groups in total. The normalized spacial score (nSPS) is 10.5. The molecule has 0 spiro atoms. The fraction of sp³-hybridized carbons (Fsp3) is 0.211. The average Bonchev–Trinajstić information content (AvgIpc) is 2.52. The lowest BCUT2D eigenvalue weighted by molar-refractivity contribution is 0.0965. The van der Waals surface area contributed by atoms with Gasteiger partial charge in [-0.3, -0.25) is 4.79 Å². The van der Waals surface area contributed by atoms with Crippen LogP contribution in [0.25, 0.3) is 0 Å².